The molecule has 1 fully saturated rings. The largest absolute Gasteiger partial charge is 0.333 e. The Bertz CT molecular complexity index is 423. The van der Waals surface area contributed by atoms with Gasteiger partial charge < -0.3 is 9.74 Å². The molecule has 98 valence electrons. The van der Waals surface area contributed by atoms with Gasteiger partial charge >= 0.3 is 0 Å². The number of piperidine rings is 1. The van der Waals surface area contributed by atoms with E-state index in [0.29, 0.717) is 12.2 Å². The minimum Gasteiger partial charge on any atom is -0.333 e. The number of amides is 1. The third-order valence-electron chi connectivity index (χ3n) is 3.25. The summed E-state index contributed by atoms with van der Waals surface area (Å²) in [4.78, 5) is 19.0. The average molecular weight is 313 g/mol. The molecule has 1 aromatic rings. The Kier molecular flexibility index (Phi) is 4.74. The van der Waals surface area contributed by atoms with Crippen LogP contribution in [0.1, 0.15) is 29.6 Å². The zero-order valence-electron chi connectivity index (χ0n) is 10.1. The Morgan fingerprint density at radius 2 is 2.33 bits per heavy atom. The molecule has 1 atom stereocenters. The van der Waals surface area contributed by atoms with Crippen molar-refractivity contribution in [2.75, 3.05) is 13.2 Å². The molecule has 1 aromatic carbocycles. The van der Waals surface area contributed by atoms with Crippen LogP contribution in [0.5, 0.6) is 0 Å². The van der Waals surface area contributed by atoms with Crippen LogP contribution in [-0.2, 0) is 4.84 Å². The Balaban J connectivity index is 2.15. The Labute approximate surface area is 115 Å². The molecule has 0 spiro atoms. The van der Waals surface area contributed by atoms with E-state index in [4.69, 9.17) is 10.7 Å². The summed E-state index contributed by atoms with van der Waals surface area (Å²) in [5.41, 5.74) is 0.702. The molecule has 4 nitrogen and oxygen atoms in total. The molecule has 1 heterocycles. The minimum absolute atomic E-state index is 0.0538. The van der Waals surface area contributed by atoms with Crippen molar-refractivity contribution < 1.29 is 9.63 Å². The molecule has 1 unspecified atom stereocenters. The SMILES string of the molecule is NOCC1CCCCN1C(=O)c1cccc(Br)c1. The summed E-state index contributed by atoms with van der Waals surface area (Å²) in [6, 6.07) is 7.55. The zero-order chi connectivity index (χ0) is 13.0. The Hall–Kier alpha value is -0.910. The van der Waals surface area contributed by atoms with Crippen molar-refractivity contribution in [1.82, 2.24) is 4.90 Å². The van der Waals surface area contributed by atoms with Crippen LogP contribution in [0, 0.1) is 0 Å². The van der Waals surface area contributed by atoms with Crippen molar-refractivity contribution in [3.63, 3.8) is 0 Å². The highest BCUT2D eigenvalue weighted by atomic mass is 79.9. The molecule has 0 radical (unpaired) electrons. The maximum atomic E-state index is 12.4. The molecule has 18 heavy (non-hydrogen) atoms. The Morgan fingerprint density at radius 1 is 1.50 bits per heavy atom. The van der Waals surface area contributed by atoms with Gasteiger partial charge in [-0.1, -0.05) is 22.0 Å². The first kappa shape index (κ1) is 13.5. The normalized spacial score (nSPS) is 19.9. The molecule has 1 amide bonds. The van der Waals surface area contributed by atoms with Gasteiger partial charge in [-0.15, -0.1) is 0 Å². The van der Waals surface area contributed by atoms with Crippen LogP contribution in [0.25, 0.3) is 0 Å². The van der Waals surface area contributed by atoms with Crippen LogP contribution in [0.4, 0.5) is 0 Å². The van der Waals surface area contributed by atoms with E-state index in [1.54, 1.807) is 0 Å². The highest BCUT2D eigenvalue weighted by molar-refractivity contribution is 9.10. The van der Waals surface area contributed by atoms with Gasteiger partial charge in [-0.2, -0.15) is 0 Å². The molecular weight excluding hydrogens is 296 g/mol. The summed E-state index contributed by atoms with van der Waals surface area (Å²) >= 11 is 3.38. The van der Waals surface area contributed by atoms with Crippen molar-refractivity contribution >= 4 is 21.8 Å². The van der Waals surface area contributed by atoms with Crippen LogP contribution in [0.2, 0.25) is 0 Å². The molecule has 1 aliphatic heterocycles. The second-order valence-corrected chi connectivity index (χ2v) is 5.41. The van der Waals surface area contributed by atoms with E-state index in [2.05, 4.69) is 15.9 Å². The van der Waals surface area contributed by atoms with E-state index in [-0.39, 0.29) is 11.9 Å². The second kappa shape index (κ2) is 6.31. The first-order chi connectivity index (χ1) is 8.72. The van der Waals surface area contributed by atoms with Crippen molar-refractivity contribution in [2.45, 2.75) is 25.3 Å². The van der Waals surface area contributed by atoms with Gasteiger partial charge in [0.25, 0.3) is 5.91 Å². The smallest absolute Gasteiger partial charge is 0.254 e. The minimum atomic E-state index is 0.0538. The third kappa shape index (κ3) is 3.10. The van der Waals surface area contributed by atoms with Crippen molar-refractivity contribution in [3.05, 3.63) is 34.3 Å². The van der Waals surface area contributed by atoms with E-state index in [9.17, 15) is 4.79 Å². The van der Waals surface area contributed by atoms with Crippen LogP contribution >= 0.6 is 15.9 Å². The lowest BCUT2D eigenvalue weighted by Gasteiger charge is -2.35. The maximum absolute atomic E-state index is 12.4. The molecule has 0 saturated carbocycles. The van der Waals surface area contributed by atoms with Gasteiger partial charge in [0.1, 0.15) is 0 Å². The topological polar surface area (TPSA) is 55.6 Å². The number of benzene rings is 1. The lowest BCUT2D eigenvalue weighted by molar-refractivity contribution is 0.0313. The first-order valence-corrected chi connectivity index (χ1v) is 6.90. The fourth-order valence-electron chi connectivity index (χ4n) is 2.34. The number of carbonyl (C=O) groups is 1. The van der Waals surface area contributed by atoms with Gasteiger partial charge in [-0.3, -0.25) is 4.79 Å². The standard InChI is InChI=1S/C13H17BrN2O2/c14-11-5-3-4-10(8-11)13(17)16-7-2-1-6-12(16)9-18-15/h3-5,8,12H,1-2,6-7,9,15H2. The molecule has 1 saturated heterocycles. The monoisotopic (exact) mass is 312 g/mol. The van der Waals surface area contributed by atoms with Gasteiger partial charge in [-0.05, 0) is 37.5 Å². The van der Waals surface area contributed by atoms with E-state index in [0.717, 1.165) is 30.3 Å². The number of nitrogens with zero attached hydrogens (tertiary/aromatic N) is 1. The average Bonchev–Trinajstić information content (AvgIpc) is 2.39. The van der Waals surface area contributed by atoms with Gasteiger partial charge in [-0.25, -0.2) is 5.90 Å². The molecule has 0 aliphatic carbocycles. The zero-order valence-corrected chi connectivity index (χ0v) is 11.7. The van der Waals surface area contributed by atoms with Gasteiger partial charge in [0, 0.05) is 16.6 Å². The molecule has 1 aliphatic rings. The summed E-state index contributed by atoms with van der Waals surface area (Å²) in [5.74, 6) is 5.19. The summed E-state index contributed by atoms with van der Waals surface area (Å²) in [6.07, 6.45) is 3.12. The highest BCUT2D eigenvalue weighted by Gasteiger charge is 2.27. The molecule has 5 heteroatoms. The number of hydrogen-bond acceptors (Lipinski definition) is 3. The molecule has 2 rings (SSSR count). The van der Waals surface area contributed by atoms with Gasteiger partial charge in [0.2, 0.25) is 0 Å². The quantitative estimate of drug-likeness (QED) is 0.872. The second-order valence-electron chi connectivity index (χ2n) is 4.49. The van der Waals surface area contributed by atoms with Gasteiger partial charge in [0.05, 0.1) is 12.6 Å². The van der Waals surface area contributed by atoms with Crippen LogP contribution in [-0.4, -0.2) is 30.0 Å². The van der Waals surface area contributed by atoms with E-state index in [1.165, 1.54) is 0 Å². The lowest BCUT2D eigenvalue weighted by atomic mass is 10.0. The van der Waals surface area contributed by atoms with Crippen LogP contribution < -0.4 is 5.90 Å². The fourth-order valence-corrected chi connectivity index (χ4v) is 2.74. The number of nitrogens with two attached hydrogens (primary N) is 1. The molecule has 2 N–H and O–H groups in total. The predicted molar refractivity (Wildman–Crippen MR) is 73.0 cm³/mol. The maximum Gasteiger partial charge on any atom is 0.254 e. The van der Waals surface area contributed by atoms with Crippen molar-refractivity contribution in [2.24, 2.45) is 5.90 Å². The fraction of sp³-hybridized carbons (Fsp3) is 0.462. The van der Waals surface area contributed by atoms with E-state index in [1.807, 2.05) is 29.2 Å². The van der Waals surface area contributed by atoms with Crippen molar-refractivity contribution in [3.8, 4) is 0 Å². The summed E-state index contributed by atoms with van der Waals surface area (Å²) in [5, 5.41) is 0. The first-order valence-electron chi connectivity index (χ1n) is 6.10. The van der Waals surface area contributed by atoms with Crippen LogP contribution in [0.3, 0.4) is 0 Å². The number of rotatable bonds is 3. The number of carbonyl (C=O) groups excluding carboxylic acids is 1. The lowest BCUT2D eigenvalue weighted by Crippen LogP contribution is -2.46. The van der Waals surface area contributed by atoms with Crippen molar-refractivity contribution in [1.29, 1.82) is 0 Å². The molecule has 0 aromatic heterocycles. The van der Waals surface area contributed by atoms with E-state index < -0.39 is 0 Å². The number of likely N-dealkylation sites (tertiary alicyclic amines) is 1. The Morgan fingerprint density at radius 3 is 3.06 bits per heavy atom. The molecular formula is C13H17BrN2O2. The predicted octanol–water partition coefficient (Wildman–Crippen LogP) is 2.33. The summed E-state index contributed by atoms with van der Waals surface area (Å²) < 4.78 is 0.914. The number of hydrogen-bond donors (Lipinski definition) is 1. The highest BCUT2D eigenvalue weighted by Crippen LogP contribution is 2.21. The van der Waals surface area contributed by atoms with Crippen LogP contribution in [0.15, 0.2) is 28.7 Å². The third-order valence-corrected chi connectivity index (χ3v) is 3.74. The summed E-state index contributed by atoms with van der Waals surface area (Å²) in [7, 11) is 0. The van der Waals surface area contributed by atoms with E-state index >= 15 is 0 Å². The molecule has 0 bridgehead atoms. The summed E-state index contributed by atoms with van der Waals surface area (Å²) in [6.45, 7) is 1.18. The number of halogens is 1. The van der Waals surface area contributed by atoms with Gasteiger partial charge in [0.15, 0.2) is 0 Å².